The molecular weight excluding hydrogens is 216 g/mol. The number of rotatable bonds is 3. The van der Waals surface area contributed by atoms with Crippen molar-refractivity contribution in [1.29, 1.82) is 0 Å². The van der Waals surface area contributed by atoms with Crippen LogP contribution < -0.4 is 10.1 Å². The van der Waals surface area contributed by atoms with Crippen molar-refractivity contribution in [3.05, 3.63) is 18.2 Å². The molecule has 1 heterocycles. The summed E-state index contributed by atoms with van der Waals surface area (Å²) in [5.41, 5.74) is 1.76. The minimum atomic E-state index is 0.193. The highest BCUT2D eigenvalue weighted by atomic mass is 16.5. The SMILES string of the molecule is COc1ccc2nc(NCC(C)(C)C)oc2c1. The van der Waals surface area contributed by atoms with Gasteiger partial charge in [-0.1, -0.05) is 20.8 Å². The average molecular weight is 234 g/mol. The molecule has 4 heteroatoms. The van der Waals surface area contributed by atoms with Gasteiger partial charge in [-0.2, -0.15) is 4.98 Å². The summed E-state index contributed by atoms with van der Waals surface area (Å²) in [5.74, 6) is 0.774. The minimum absolute atomic E-state index is 0.193. The topological polar surface area (TPSA) is 47.3 Å². The quantitative estimate of drug-likeness (QED) is 0.885. The van der Waals surface area contributed by atoms with E-state index in [4.69, 9.17) is 9.15 Å². The van der Waals surface area contributed by atoms with E-state index in [9.17, 15) is 0 Å². The minimum Gasteiger partial charge on any atom is -0.497 e. The summed E-state index contributed by atoms with van der Waals surface area (Å²) in [6.07, 6.45) is 0. The fourth-order valence-corrected chi connectivity index (χ4v) is 1.45. The van der Waals surface area contributed by atoms with Crippen molar-refractivity contribution >= 4 is 17.1 Å². The molecule has 1 N–H and O–H groups in total. The number of oxazole rings is 1. The van der Waals surface area contributed by atoms with Crippen LogP contribution in [-0.2, 0) is 0 Å². The lowest BCUT2D eigenvalue weighted by Crippen LogP contribution is -2.19. The Labute approximate surface area is 101 Å². The third-order valence-corrected chi connectivity index (χ3v) is 2.37. The van der Waals surface area contributed by atoms with Gasteiger partial charge >= 0.3 is 0 Å². The second-order valence-electron chi connectivity index (χ2n) is 5.27. The standard InChI is InChI=1S/C13H18N2O2/c1-13(2,3)8-14-12-15-10-6-5-9(16-4)7-11(10)17-12/h5-7H,8H2,1-4H3,(H,14,15). The van der Waals surface area contributed by atoms with Crippen molar-refractivity contribution in [2.75, 3.05) is 19.0 Å². The lowest BCUT2D eigenvalue weighted by atomic mass is 9.97. The van der Waals surface area contributed by atoms with Crippen molar-refractivity contribution in [1.82, 2.24) is 4.98 Å². The van der Waals surface area contributed by atoms with Crippen LogP contribution in [0.5, 0.6) is 5.75 Å². The van der Waals surface area contributed by atoms with Crippen molar-refractivity contribution in [2.24, 2.45) is 5.41 Å². The van der Waals surface area contributed by atoms with Crippen LogP contribution >= 0.6 is 0 Å². The Kier molecular flexibility index (Phi) is 2.96. The van der Waals surface area contributed by atoms with Gasteiger partial charge in [0.1, 0.15) is 11.3 Å². The smallest absolute Gasteiger partial charge is 0.295 e. The molecule has 17 heavy (non-hydrogen) atoms. The molecule has 0 radical (unpaired) electrons. The van der Waals surface area contributed by atoms with E-state index in [0.717, 1.165) is 23.4 Å². The Morgan fingerprint density at radius 2 is 2.12 bits per heavy atom. The van der Waals surface area contributed by atoms with Crippen LogP contribution in [0.1, 0.15) is 20.8 Å². The van der Waals surface area contributed by atoms with Crippen molar-refractivity contribution in [3.8, 4) is 5.75 Å². The van der Waals surface area contributed by atoms with Gasteiger partial charge in [0.25, 0.3) is 6.01 Å². The molecule has 0 amide bonds. The van der Waals surface area contributed by atoms with Gasteiger partial charge in [0, 0.05) is 12.6 Å². The Balaban J connectivity index is 2.20. The number of anilines is 1. The first-order valence-corrected chi connectivity index (χ1v) is 5.66. The lowest BCUT2D eigenvalue weighted by molar-refractivity contribution is 0.414. The summed E-state index contributed by atoms with van der Waals surface area (Å²) in [5, 5.41) is 3.19. The van der Waals surface area contributed by atoms with E-state index in [-0.39, 0.29) is 5.41 Å². The molecule has 0 fully saturated rings. The van der Waals surface area contributed by atoms with E-state index in [0.29, 0.717) is 6.01 Å². The molecule has 0 unspecified atom stereocenters. The molecule has 92 valence electrons. The predicted octanol–water partition coefficient (Wildman–Crippen LogP) is 3.29. The highest BCUT2D eigenvalue weighted by Gasteiger charge is 2.12. The van der Waals surface area contributed by atoms with E-state index in [2.05, 4.69) is 31.1 Å². The van der Waals surface area contributed by atoms with Crippen molar-refractivity contribution < 1.29 is 9.15 Å². The van der Waals surface area contributed by atoms with E-state index < -0.39 is 0 Å². The van der Waals surface area contributed by atoms with Crippen LogP contribution in [0.4, 0.5) is 6.01 Å². The van der Waals surface area contributed by atoms with Gasteiger partial charge in [0.05, 0.1) is 7.11 Å². The molecule has 0 spiro atoms. The van der Waals surface area contributed by atoms with E-state index in [1.54, 1.807) is 7.11 Å². The molecule has 2 aromatic rings. The van der Waals surface area contributed by atoms with Gasteiger partial charge in [0.15, 0.2) is 5.58 Å². The summed E-state index contributed by atoms with van der Waals surface area (Å²) >= 11 is 0. The molecule has 4 nitrogen and oxygen atoms in total. The van der Waals surface area contributed by atoms with Crippen LogP contribution in [0.15, 0.2) is 22.6 Å². The number of fused-ring (bicyclic) bond motifs is 1. The first-order chi connectivity index (χ1) is 7.98. The number of methoxy groups -OCH3 is 1. The summed E-state index contributed by atoms with van der Waals surface area (Å²) < 4.78 is 10.7. The molecule has 0 bridgehead atoms. The fraction of sp³-hybridized carbons (Fsp3) is 0.462. The number of ether oxygens (including phenoxy) is 1. The van der Waals surface area contributed by atoms with Gasteiger partial charge in [-0.3, -0.25) is 0 Å². The Hall–Kier alpha value is -1.71. The molecule has 0 aliphatic rings. The molecule has 1 aromatic carbocycles. The Morgan fingerprint density at radius 3 is 2.76 bits per heavy atom. The first-order valence-electron chi connectivity index (χ1n) is 5.66. The molecule has 0 saturated heterocycles. The highest BCUT2D eigenvalue weighted by Crippen LogP contribution is 2.24. The van der Waals surface area contributed by atoms with E-state index in [1.807, 2.05) is 18.2 Å². The molecule has 0 aliphatic carbocycles. The third-order valence-electron chi connectivity index (χ3n) is 2.37. The van der Waals surface area contributed by atoms with Crippen molar-refractivity contribution in [3.63, 3.8) is 0 Å². The van der Waals surface area contributed by atoms with Gasteiger partial charge < -0.3 is 14.5 Å². The summed E-state index contributed by atoms with van der Waals surface area (Å²) in [7, 11) is 1.64. The second-order valence-corrected chi connectivity index (χ2v) is 5.27. The normalized spacial score (nSPS) is 11.8. The number of aromatic nitrogens is 1. The highest BCUT2D eigenvalue weighted by molar-refractivity contribution is 5.76. The van der Waals surface area contributed by atoms with Gasteiger partial charge in [-0.25, -0.2) is 0 Å². The lowest BCUT2D eigenvalue weighted by Gasteiger charge is -2.17. The van der Waals surface area contributed by atoms with Crippen LogP contribution in [0.3, 0.4) is 0 Å². The first kappa shape index (κ1) is 11.8. The van der Waals surface area contributed by atoms with Crippen LogP contribution in [-0.4, -0.2) is 18.6 Å². The zero-order chi connectivity index (χ0) is 12.5. The van der Waals surface area contributed by atoms with Crippen LogP contribution in [0, 0.1) is 5.41 Å². The maximum Gasteiger partial charge on any atom is 0.295 e. The second kappa shape index (κ2) is 4.28. The molecule has 2 rings (SSSR count). The van der Waals surface area contributed by atoms with Crippen molar-refractivity contribution in [2.45, 2.75) is 20.8 Å². The number of nitrogens with one attached hydrogen (secondary N) is 1. The van der Waals surface area contributed by atoms with E-state index >= 15 is 0 Å². The third kappa shape index (κ3) is 2.90. The molecule has 0 aliphatic heterocycles. The number of nitrogens with zero attached hydrogens (tertiary/aromatic N) is 1. The largest absolute Gasteiger partial charge is 0.497 e. The summed E-state index contributed by atoms with van der Waals surface area (Å²) in [6.45, 7) is 7.29. The van der Waals surface area contributed by atoms with Crippen LogP contribution in [0.25, 0.3) is 11.1 Å². The monoisotopic (exact) mass is 234 g/mol. The average Bonchev–Trinajstić information content (AvgIpc) is 2.66. The predicted molar refractivity (Wildman–Crippen MR) is 68.5 cm³/mol. The fourth-order valence-electron chi connectivity index (χ4n) is 1.45. The Morgan fingerprint density at radius 1 is 1.35 bits per heavy atom. The number of hydrogen-bond donors (Lipinski definition) is 1. The molecule has 1 aromatic heterocycles. The zero-order valence-electron chi connectivity index (χ0n) is 10.7. The van der Waals surface area contributed by atoms with E-state index in [1.165, 1.54) is 0 Å². The maximum atomic E-state index is 5.60. The van der Waals surface area contributed by atoms with Gasteiger partial charge in [-0.15, -0.1) is 0 Å². The van der Waals surface area contributed by atoms with Gasteiger partial charge in [-0.05, 0) is 17.5 Å². The molecular formula is C13H18N2O2. The number of hydrogen-bond acceptors (Lipinski definition) is 4. The molecule has 0 saturated carbocycles. The molecule has 0 atom stereocenters. The van der Waals surface area contributed by atoms with Gasteiger partial charge in [0.2, 0.25) is 0 Å². The maximum absolute atomic E-state index is 5.60. The Bertz CT molecular complexity index is 512. The number of benzene rings is 1. The summed E-state index contributed by atoms with van der Waals surface area (Å²) in [4.78, 5) is 4.36. The van der Waals surface area contributed by atoms with Crippen LogP contribution in [0.2, 0.25) is 0 Å². The zero-order valence-corrected chi connectivity index (χ0v) is 10.7. The summed E-state index contributed by atoms with van der Waals surface area (Å²) in [6, 6.07) is 6.16.